The molecule has 1 aromatic carbocycles. The van der Waals surface area contributed by atoms with Crippen LogP contribution in [0.25, 0.3) is 0 Å². The summed E-state index contributed by atoms with van der Waals surface area (Å²) in [5, 5.41) is 2.94. The summed E-state index contributed by atoms with van der Waals surface area (Å²) in [4.78, 5) is 25.8. The zero-order chi connectivity index (χ0) is 19.1. The maximum atomic E-state index is 12.4. The monoisotopic (exact) mass is 369 g/mol. The first kappa shape index (κ1) is 19.1. The van der Waals surface area contributed by atoms with Crippen LogP contribution in [-0.2, 0) is 6.42 Å². The molecule has 7 nitrogen and oxygen atoms in total. The number of benzene rings is 1. The summed E-state index contributed by atoms with van der Waals surface area (Å²) in [6, 6.07) is 9.51. The number of nitrogens with zero attached hydrogens (tertiary/aromatic N) is 4. The SMILES string of the molecule is CCN1CCN(c2nccc(C(=O)NCCc3ccc(OC)cc3)n2)CC1. The van der Waals surface area contributed by atoms with Crippen molar-refractivity contribution < 1.29 is 9.53 Å². The second kappa shape index (κ2) is 9.32. The Morgan fingerprint density at radius 3 is 2.56 bits per heavy atom. The van der Waals surface area contributed by atoms with E-state index in [1.807, 2.05) is 24.3 Å². The van der Waals surface area contributed by atoms with Crippen LogP contribution in [0.4, 0.5) is 5.95 Å². The van der Waals surface area contributed by atoms with E-state index in [9.17, 15) is 4.79 Å². The van der Waals surface area contributed by atoms with E-state index in [2.05, 4.69) is 32.0 Å². The summed E-state index contributed by atoms with van der Waals surface area (Å²) in [5.41, 5.74) is 1.56. The van der Waals surface area contributed by atoms with Crippen molar-refractivity contribution in [2.45, 2.75) is 13.3 Å². The van der Waals surface area contributed by atoms with Crippen LogP contribution < -0.4 is 15.0 Å². The lowest BCUT2D eigenvalue weighted by atomic mass is 10.1. The topological polar surface area (TPSA) is 70.6 Å². The minimum absolute atomic E-state index is 0.167. The van der Waals surface area contributed by atoms with Crippen LogP contribution >= 0.6 is 0 Å². The summed E-state index contributed by atoms with van der Waals surface area (Å²) in [7, 11) is 1.65. The van der Waals surface area contributed by atoms with E-state index in [0.717, 1.165) is 50.5 Å². The van der Waals surface area contributed by atoms with Gasteiger partial charge in [0.15, 0.2) is 0 Å². The van der Waals surface area contributed by atoms with Crippen molar-refractivity contribution in [2.75, 3.05) is 51.3 Å². The van der Waals surface area contributed by atoms with E-state index in [4.69, 9.17) is 4.74 Å². The van der Waals surface area contributed by atoms with Gasteiger partial charge in [-0.25, -0.2) is 9.97 Å². The molecule has 1 amide bonds. The van der Waals surface area contributed by atoms with Crippen molar-refractivity contribution in [1.29, 1.82) is 0 Å². The lowest BCUT2D eigenvalue weighted by molar-refractivity contribution is 0.0949. The Kier molecular flexibility index (Phi) is 6.59. The Bertz CT molecular complexity index is 742. The van der Waals surface area contributed by atoms with E-state index in [-0.39, 0.29) is 5.91 Å². The fourth-order valence-corrected chi connectivity index (χ4v) is 3.09. The average Bonchev–Trinajstić information content (AvgIpc) is 2.74. The maximum Gasteiger partial charge on any atom is 0.270 e. The highest BCUT2D eigenvalue weighted by molar-refractivity contribution is 5.92. The number of ether oxygens (including phenoxy) is 1. The standard InChI is InChI=1S/C20H27N5O2/c1-3-24-12-14-25(15-13-24)20-22-11-9-18(23-20)19(26)21-10-8-16-4-6-17(27-2)7-5-16/h4-7,9,11H,3,8,10,12-15H2,1-2H3,(H,21,26). The molecule has 7 heteroatoms. The highest BCUT2D eigenvalue weighted by Crippen LogP contribution is 2.12. The van der Waals surface area contributed by atoms with Crippen LogP contribution in [0.3, 0.4) is 0 Å². The molecular weight excluding hydrogens is 342 g/mol. The number of aromatic nitrogens is 2. The van der Waals surface area contributed by atoms with Crippen molar-refractivity contribution >= 4 is 11.9 Å². The zero-order valence-electron chi connectivity index (χ0n) is 16.0. The molecular formula is C20H27N5O2. The highest BCUT2D eigenvalue weighted by Gasteiger charge is 2.19. The first-order chi connectivity index (χ1) is 13.2. The number of anilines is 1. The Labute approximate surface area is 160 Å². The minimum Gasteiger partial charge on any atom is -0.497 e. The van der Waals surface area contributed by atoms with Gasteiger partial charge >= 0.3 is 0 Å². The molecule has 2 heterocycles. The smallest absolute Gasteiger partial charge is 0.270 e. The molecule has 1 N–H and O–H groups in total. The van der Waals surface area contributed by atoms with Gasteiger partial charge in [0, 0.05) is 38.9 Å². The molecule has 1 aromatic heterocycles. The van der Waals surface area contributed by atoms with E-state index < -0.39 is 0 Å². The van der Waals surface area contributed by atoms with Crippen LogP contribution in [0.5, 0.6) is 5.75 Å². The molecule has 0 aliphatic carbocycles. The third-order valence-corrected chi connectivity index (χ3v) is 4.84. The van der Waals surface area contributed by atoms with Gasteiger partial charge in [-0.05, 0) is 36.7 Å². The molecule has 1 saturated heterocycles. The number of nitrogens with one attached hydrogen (secondary N) is 1. The first-order valence-electron chi connectivity index (χ1n) is 9.41. The lowest BCUT2D eigenvalue weighted by Gasteiger charge is -2.34. The molecule has 2 aromatic rings. The summed E-state index contributed by atoms with van der Waals surface area (Å²) >= 11 is 0. The van der Waals surface area contributed by atoms with Crippen LogP contribution in [0.15, 0.2) is 36.5 Å². The van der Waals surface area contributed by atoms with Crippen LogP contribution in [0.1, 0.15) is 23.0 Å². The predicted molar refractivity (Wildman–Crippen MR) is 105 cm³/mol. The van der Waals surface area contributed by atoms with Gasteiger partial charge in [0.05, 0.1) is 7.11 Å². The molecule has 0 atom stereocenters. The molecule has 0 unspecified atom stereocenters. The average molecular weight is 369 g/mol. The number of rotatable bonds is 7. The number of carbonyl (C=O) groups is 1. The van der Waals surface area contributed by atoms with Crippen molar-refractivity contribution in [3.8, 4) is 5.75 Å². The number of amides is 1. The molecule has 144 valence electrons. The highest BCUT2D eigenvalue weighted by atomic mass is 16.5. The molecule has 1 fully saturated rings. The molecule has 27 heavy (non-hydrogen) atoms. The number of hydrogen-bond donors (Lipinski definition) is 1. The van der Waals surface area contributed by atoms with Gasteiger partial charge in [0.25, 0.3) is 5.91 Å². The van der Waals surface area contributed by atoms with Gasteiger partial charge < -0.3 is 19.9 Å². The van der Waals surface area contributed by atoms with Gasteiger partial charge in [-0.3, -0.25) is 4.79 Å². The quantitative estimate of drug-likeness (QED) is 0.799. The fraction of sp³-hybridized carbons (Fsp3) is 0.450. The molecule has 0 bridgehead atoms. The molecule has 0 radical (unpaired) electrons. The molecule has 0 spiro atoms. The van der Waals surface area contributed by atoms with Crippen molar-refractivity contribution in [3.05, 3.63) is 47.8 Å². The Morgan fingerprint density at radius 2 is 1.89 bits per heavy atom. The Balaban J connectivity index is 1.52. The number of carbonyl (C=O) groups excluding carboxylic acids is 1. The normalized spacial score (nSPS) is 14.8. The van der Waals surface area contributed by atoms with Gasteiger partial charge in [0.2, 0.25) is 5.95 Å². The molecule has 1 aliphatic rings. The van der Waals surface area contributed by atoms with Gasteiger partial charge in [-0.2, -0.15) is 0 Å². The van der Waals surface area contributed by atoms with Crippen molar-refractivity contribution in [2.24, 2.45) is 0 Å². The van der Waals surface area contributed by atoms with Gasteiger partial charge in [-0.1, -0.05) is 19.1 Å². The second-order valence-electron chi connectivity index (χ2n) is 6.52. The Hall–Kier alpha value is -2.67. The van der Waals surface area contributed by atoms with Crippen LogP contribution in [-0.4, -0.2) is 67.2 Å². The van der Waals surface area contributed by atoms with Crippen LogP contribution in [0, 0.1) is 0 Å². The molecule has 0 saturated carbocycles. The van der Waals surface area contributed by atoms with Crippen LogP contribution in [0.2, 0.25) is 0 Å². The van der Waals surface area contributed by atoms with Gasteiger partial charge in [0.1, 0.15) is 11.4 Å². The number of likely N-dealkylation sites (N-methyl/N-ethyl adjacent to an activating group) is 1. The zero-order valence-corrected chi connectivity index (χ0v) is 16.0. The fourth-order valence-electron chi connectivity index (χ4n) is 3.09. The maximum absolute atomic E-state index is 12.4. The van der Waals surface area contributed by atoms with E-state index >= 15 is 0 Å². The second-order valence-corrected chi connectivity index (χ2v) is 6.52. The number of hydrogen-bond acceptors (Lipinski definition) is 6. The predicted octanol–water partition coefficient (Wildman–Crippen LogP) is 1.60. The third-order valence-electron chi connectivity index (χ3n) is 4.84. The largest absolute Gasteiger partial charge is 0.497 e. The summed E-state index contributed by atoms with van der Waals surface area (Å²) < 4.78 is 5.15. The number of piperazine rings is 1. The molecule has 1 aliphatic heterocycles. The summed E-state index contributed by atoms with van der Waals surface area (Å²) in [6.07, 6.45) is 2.42. The third kappa shape index (κ3) is 5.17. The molecule has 3 rings (SSSR count). The first-order valence-corrected chi connectivity index (χ1v) is 9.41. The van der Waals surface area contributed by atoms with Crippen molar-refractivity contribution in [3.63, 3.8) is 0 Å². The summed E-state index contributed by atoms with van der Waals surface area (Å²) in [5.74, 6) is 1.30. The van der Waals surface area contributed by atoms with E-state index in [0.29, 0.717) is 18.2 Å². The summed E-state index contributed by atoms with van der Waals surface area (Å²) in [6.45, 7) is 7.55. The van der Waals surface area contributed by atoms with Crippen molar-refractivity contribution in [1.82, 2.24) is 20.2 Å². The lowest BCUT2D eigenvalue weighted by Crippen LogP contribution is -2.46. The van der Waals surface area contributed by atoms with E-state index in [1.165, 1.54) is 0 Å². The Morgan fingerprint density at radius 1 is 1.15 bits per heavy atom. The number of methoxy groups -OCH3 is 1. The van der Waals surface area contributed by atoms with Gasteiger partial charge in [-0.15, -0.1) is 0 Å². The van der Waals surface area contributed by atoms with E-state index in [1.54, 1.807) is 19.4 Å². The minimum atomic E-state index is -0.167.